The highest BCUT2D eigenvalue weighted by Gasteiger charge is 2.42. The van der Waals surface area contributed by atoms with E-state index in [2.05, 4.69) is 15.5 Å². The predicted octanol–water partition coefficient (Wildman–Crippen LogP) is 3.48. The molecule has 0 spiro atoms. The molecular weight excluding hydrogens is 527 g/mol. The summed E-state index contributed by atoms with van der Waals surface area (Å²) in [6.07, 6.45) is -2.06. The molecule has 2 aliphatic rings. The van der Waals surface area contributed by atoms with E-state index in [4.69, 9.17) is 9.47 Å². The van der Waals surface area contributed by atoms with E-state index in [0.717, 1.165) is 36.6 Å². The first-order chi connectivity index (χ1) is 19.0. The van der Waals surface area contributed by atoms with Crippen LogP contribution in [0.2, 0.25) is 0 Å². The van der Waals surface area contributed by atoms with Crippen molar-refractivity contribution in [3.8, 4) is 5.75 Å². The molecule has 1 aliphatic carbocycles. The molecule has 2 aromatic carbocycles. The number of methoxy groups -OCH3 is 1. The minimum absolute atomic E-state index is 0.173. The number of aliphatic hydroxyl groups is 1. The molecule has 2 aromatic rings. The molecule has 11 heteroatoms. The normalized spacial score (nSPS) is 25.4. The van der Waals surface area contributed by atoms with Crippen LogP contribution in [0.3, 0.4) is 0 Å². The van der Waals surface area contributed by atoms with Crippen LogP contribution in [-0.2, 0) is 21.3 Å². The molecule has 1 saturated heterocycles. The first kappa shape index (κ1) is 29.8. The lowest BCUT2D eigenvalue weighted by atomic mass is 9.77. The van der Waals surface area contributed by atoms with Gasteiger partial charge in [0.1, 0.15) is 5.75 Å². The maximum Gasteiger partial charge on any atom is 0.416 e. The highest BCUT2D eigenvalue weighted by Crippen LogP contribution is 2.40. The molecule has 1 saturated carbocycles. The number of rotatable bonds is 9. The van der Waals surface area contributed by atoms with Crippen LogP contribution < -0.4 is 15.4 Å². The smallest absolute Gasteiger partial charge is 0.416 e. The molecular formula is C29H36F3N3O5. The summed E-state index contributed by atoms with van der Waals surface area (Å²) < 4.78 is 50.1. The molecule has 2 atom stereocenters. The van der Waals surface area contributed by atoms with Crippen molar-refractivity contribution in [1.29, 1.82) is 0 Å². The Morgan fingerprint density at radius 2 is 1.82 bits per heavy atom. The van der Waals surface area contributed by atoms with Crippen molar-refractivity contribution in [3.63, 3.8) is 0 Å². The second-order valence-corrected chi connectivity index (χ2v) is 10.4. The molecule has 3 N–H and O–H groups in total. The second kappa shape index (κ2) is 12.6. The molecule has 0 aromatic heterocycles. The fourth-order valence-electron chi connectivity index (χ4n) is 5.63. The fraction of sp³-hybridized carbons (Fsp3) is 0.517. The molecule has 0 radical (unpaired) electrons. The van der Waals surface area contributed by atoms with Crippen LogP contribution in [0, 0.1) is 0 Å². The number of hydrogen-bond acceptors (Lipinski definition) is 6. The van der Waals surface area contributed by atoms with Gasteiger partial charge in [0.2, 0.25) is 5.91 Å². The largest absolute Gasteiger partial charge is 0.497 e. The summed E-state index contributed by atoms with van der Waals surface area (Å²) >= 11 is 0. The summed E-state index contributed by atoms with van der Waals surface area (Å²) in [5.41, 5.74) is -1.18. The summed E-state index contributed by atoms with van der Waals surface area (Å²) in [5.74, 6) is -0.508. The van der Waals surface area contributed by atoms with Gasteiger partial charge in [0.05, 0.1) is 37.0 Å². The molecule has 0 unspecified atom stereocenters. The number of nitrogens with one attached hydrogen (secondary N) is 2. The number of ether oxygens (including phenoxy) is 2. The van der Waals surface area contributed by atoms with Crippen molar-refractivity contribution in [2.24, 2.45) is 0 Å². The highest BCUT2D eigenvalue weighted by atomic mass is 19.4. The molecule has 40 heavy (non-hydrogen) atoms. The molecule has 218 valence electrons. The Balaban J connectivity index is 1.30. The number of likely N-dealkylation sites (tertiary alicyclic amines) is 1. The Morgan fingerprint density at radius 1 is 1.10 bits per heavy atom. The van der Waals surface area contributed by atoms with E-state index in [1.807, 2.05) is 31.2 Å². The van der Waals surface area contributed by atoms with Crippen molar-refractivity contribution >= 4 is 11.8 Å². The van der Waals surface area contributed by atoms with Crippen LogP contribution in [0.4, 0.5) is 13.2 Å². The number of halogens is 3. The third kappa shape index (κ3) is 7.13. The van der Waals surface area contributed by atoms with Gasteiger partial charge in [-0.1, -0.05) is 18.2 Å². The first-order valence-corrected chi connectivity index (χ1v) is 13.5. The Hall–Kier alpha value is -3.15. The van der Waals surface area contributed by atoms with Gasteiger partial charge >= 0.3 is 6.18 Å². The summed E-state index contributed by atoms with van der Waals surface area (Å²) in [6.45, 7) is 3.16. The maximum atomic E-state index is 13.0. The SMILES string of the molecule is CCO[C@H]1CN(C2CCC(O)(c3cccc(OC)c3)CC2)C[C@@H]1NC(=O)CNC(=O)c1cccc(C(F)(F)F)c1. The van der Waals surface area contributed by atoms with Crippen LogP contribution in [0.1, 0.15) is 54.1 Å². The molecule has 2 fully saturated rings. The molecule has 0 bridgehead atoms. The quantitative estimate of drug-likeness (QED) is 0.432. The van der Waals surface area contributed by atoms with Crippen molar-refractivity contribution in [1.82, 2.24) is 15.5 Å². The fourth-order valence-corrected chi connectivity index (χ4v) is 5.63. The number of carbonyl (C=O) groups is 2. The summed E-state index contributed by atoms with van der Waals surface area (Å²) in [5, 5.41) is 16.6. The molecule has 8 nitrogen and oxygen atoms in total. The van der Waals surface area contributed by atoms with Gasteiger partial charge in [-0.3, -0.25) is 14.5 Å². The minimum atomic E-state index is -4.57. The topological polar surface area (TPSA) is 100 Å². The lowest BCUT2D eigenvalue weighted by Gasteiger charge is -2.40. The Kier molecular flexibility index (Phi) is 9.37. The van der Waals surface area contributed by atoms with Gasteiger partial charge in [-0.05, 0) is 68.5 Å². The van der Waals surface area contributed by atoms with Gasteiger partial charge in [0.25, 0.3) is 5.91 Å². The Labute approximate surface area is 231 Å². The van der Waals surface area contributed by atoms with Crippen LogP contribution in [0.5, 0.6) is 5.75 Å². The average Bonchev–Trinajstić information content (AvgIpc) is 3.33. The van der Waals surface area contributed by atoms with Crippen LogP contribution in [0.25, 0.3) is 0 Å². The number of amides is 2. The van der Waals surface area contributed by atoms with Gasteiger partial charge in [-0.15, -0.1) is 0 Å². The number of carbonyl (C=O) groups excluding carboxylic acids is 2. The number of benzene rings is 2. The van der Waals surface area contributed by atoms with E-state index in [1.54, 1.807) is 7.11 Å². The van der Waals surface area contributed by atoms with Crippen molar-refractivity contribution in [2.45, 2.75) is 62.6 Å². The maximum absolute atomic E-state index is 13.0. The van der Waals surface area contributed by atoms with Crippen LogP contribution in [-0.4, -0.2) is 73.4 Å². The standard InChI is InChI=1S/C29H36F3N3O5/c1-3-40-25-18-35(22-10-12-28(38,13-11-22)20-7-5-9-23(15-20)39-2)17-24(25)34-26(36)16-33-27(37)19-6-4-8-21(14-19)29(30,31)32/h4-9,14-15,22,24-25,38H,3,10-13,16-18H2,1-2H3,(H,33,37)(H,34,36)/t22?,24-,25-,28?/m0/s1. The summed E-state index contributed by atoms with van der Waals surface area (Å²) in [7, 11) is 1.60. The van der Waals surface area contributed by atoms with Crippen molar-refractivity contribution in [2.75, 3.05) is 33.4 Å². The van der Waals surface area contributed by atoms with Crippen molar-refractivity contribution in [3.05, 3.63) is 65.2 Å². The van der Waals surface area contributed by atoms with E-state index < -0.39 is 29.2 Å². The lowest BCUT2D eigenvalue weighted by Crippen LogP contribution is -2.48. The molecule has 1 aliphatic heterocycles. The van der Waals surface area contributed by atoms with E-state index in [-0.39, 0.29) is 30.3 Å². The van der Waals surface area contributed by atoms with Gasteiger partial charge < -0.3 is 25.2 Å². The van der Waals surface area contributed by atoms with E-state index in [0.29, 0.717) is 38.3 Å². The van der Waals surface area contributed by atoms with E-state index >= 15 is 0 Å². The van der Waals surface area contributed by atoms with Gasteiger partial charge in [0.15, 0.2) is 0 Å². The highest BCUT2D eigenvalue weighted by molar-refractivity contribution is 5.96. The zero-order valence-electron chi connectivity index (χ0n) is 22.7. The number of alkyl halides is 3. The zero-order valence-corrected chi connectivity index (χ0v) is 22.7. The van der Waals surface area contributed by atoms with Crippen LogP contribution >= 0.6 is 0 Å². The van der Waals surface area contributed by atoms with E-state index in [9.17, 15) is 27.9 Å². The molecule has 2 amide bonds. The second-order valence-electron chi connectivity index (χ2n) is 10.4. The summed E-state index contributed by atoms with van der Waals surface area (Å²) in [6, 6.07) is 11.5. The van der Waals surface area contributed by atoms with Crippen LogP contribution in [0.15, 0.2) is 48.5 Å². The number of nitrogens with zero attached hydrogens (tertiary/aromatic N) is 1. The first-order valence-electron chi connectivity index (χ1n) is 13.5. The van der Waals surface area contributed by atoms with Crippen molar-refractivity contribution < 1.29 is 37.3 Å². The molecule has 1 heterocycles. The Bertz CT molecular complexity index is 1180. The monoisotopic (exact) mass is 563 g/mol. The summed E-state index contributed by atoms with van der Waals surface area (Å²) in [4.78, 5) is 27.3. The zero-order chi connectivity index (χ0) is 28.9. The minimum Gasteiger partial charge on any atom is -0.497 e. The Morgan fingerprint density at radius 3 is 2.50 bits per heavy atom. The van der Waals surface area contributed by atoms with Gasteiger partial charge in [0, 0.05) is 31.3 Å². The average molecular weight is 564 g/mol. The third-order valence-corrected chi connectivity index (χ3v) is 7.79. The number of hydrogen-bond donors (Lipinski definition) is 3. The predicted molar refractivity (Wildman–Crippen MR) is 142 cm³/mol. The molecule has 4 rings (SSSR count). The van der Waals surface area contributed by atoms with E-state index in [1.165, 1.54) is 6.07 Å². The van der Waals surface area contributed by atoms with Gasteiger partial charge in [-0.25, -0.2) is 0 Å². The van der Waals surface area contributed by atoms with Gasteiger partial charge in [-0.2, -0.15) is 13.2 Å². The third-order valence-electron chi connectivity index (χ3n) is 7.79. The lowest BCUT2D eigenvalue weighted by molar-refractivity contribution is -0.137.